The number of nitrogens with zero attached hydrogens (tertiary/aromatic N) is 2. The molecule has 0 spiro atoms. The van der Waals surface area contributed by atoms with Gasteiger partial charge in [0, 0.05) is 24.3 Å². The van der Waals surface area contributed by atoms with Crippen molar-refractivity contribution in [3.8, 4) is 0 Å². The Hall–Kier alpha value is -1.65. The predicted octanol–water partition coefficient (Wildman–Crippen LogP) is 2.07. The molecule has 0 aliphatic carbocycles. The van der Waals surface area contributed by atoms with Crippen LogP contribution in [0.15, 0.2) is 34.9 Å². The van der Waals surface area contributed by atoms with E-state index in [0.717, 1.165) is 35.8 Å². The Labute approximate surface area is 107 Å². The Morgan fingerprint density at radius 2 is 2.11 bits per heavy atom. The Morgan fingerprint density at radius 1 is 1.28 bits per heavy atom. The molecule has 2 aromatic rings. The van der Waals surface area contributed by atoms with Crippen molar-refractivity contribution in [2.45, 2.75) is 26.6 Å². The molecule has 96 valence electrons. The van der Waals surface area contributed by atoms with Gasteiger partial charge in [0.2, 0.25) is 0 Å². The van der Waals surface area contributed by atoms with E-state index >= 15 is 0 Å². The fraction of sp³-hybridized carbons (Fsp3) is 0.357. The van der Waals surface area contributed by atoms with Crippen molar-refractivity contribution in [2.75, 3.05) is 7.05 Å². The van der Waals surface area contributed by atoms with Gasteiger partial charge in [0.05, 0.1) is 18.5 Å². The van der Waals surface area contributed by atoms with Crippen LogP contribution in [0.1, 0.15) is 22.7 Å². The van der Waals surface area contributed by atoms with Crippen LogP contribution in [0.2, 0.25) is 0 Å². The second-order valence-corrected chi connectivity index (χ2v) is 4.52. The zero-order valence-corrected chi connectivity index (χ0v) is 10.9. The third-order valence-corrected chi connectivity index (χ3v) is 2.85. The molecule has 0 bridgehead atoms. The highest BCUT2D eigenvalue weighted by molar-refractivity contribution is 5.16. The van der Waals surface area contributed by atoms with Crippen molar-refractivity contribution >= 4 is 0 Å². The van der Waals surface area contributed by atoms with E-state index in [9.17, 15) is 0 Å². The first-order valence-corrected chi connectivity index (χ1v) is 6.05. The van der Waals surface area contributed by atoms with Crippen molar-refractivity contribution in [2.24, 2.45) is 5.73 Å². The quantitative estimate of drug-likeness (QED) is 0.876. The summed E-state index contributed by atoms with van der Waals surface area (Å²) in [7, 11) is 2.05. The Bertz CT molecular complexity index is 507. The van der Waals surface area contributed by atoms with Crippen LogP contribution in [-0.4, -0.2) is 16.9 Å². The normalized spacial score (nSPS) is 11.1. The molecule has 2 N–H and O–H groups in total. The highest BCUT2D eigenvalue weighted by Gasteiger charge is 2.09. The van der Waals surface area contributed by atoms with E-state index in [1.54, 1.807) is 6.26 Å². The van der Waals surface area contributed by atoms with Gasteiger partial charge >= 0.3 is 0 Å². The minimum Gasteiger partial charge on any atom is -0.468 e. The summed E-state index contributed by atoms with van der Waals surface area (Å²) in [5.41, 5.74) is 8.83. The van der Waals surface area contributed by atoms with Gasteiger partial charge in [0.25, 0.3) is 0 Å². The van der Waals surface area contributed by atoms with Crippen LogP contribution < -0.4 is 5.73 Å². The van der Waals surface area contributed by atoms with E-state index in [1.165, 1.54) is 0 Å². The number of furan rings is 1. The van der Waals surface area contributed by atoms with Crippen molar-refractivity contribution < 1.29 is 4.42 Å². The van der Waals surface area contributed by atoms with Gasteiger partial charge in [-0.1, -0.05) is 6.07 Å². The summed E-state index contributed by atoms with van der Waals surface area (Å²) in [4.78, 5) is 6.65. The van der Waals surface area contributed by atoms with Crippen LogP contribution in [-0.2, 0) is 19.6 Å². The molecule has 0 aliphatic rings. The Morgan fingerprint density at radius 3 is 2.83 bits per heavy atom. The van der Waals surface area contributed by atoms with E-state index in [0.29, 0.717) is 6.54 Å². The third-order valence-electron chi connectivity index (χ3n) is 2.85. The molecule has 0 unspecified atom stereocenters. The van der Waals surface area contributed by atoms with E-state index in [2.05, 4.69) is 9.88 Å². The Kier molecular flexibility index (Phi) is 4.12. The SMILES string of the molecule is Cc1cccc(CN(C)Cc2occc2CN)n1. The maximum atomic E-state index is 5.65. The largest absolute Gasteiger partial charge is 0.468 e. The minimum atomic E-state index is 0.516. The number of hydrogen-bond acceptors (Lipinski definition) is 4. The molecule has 0 amide bonds. The highest BCUT2D eigenvalue weighted by Crippen LogP contribution is 2.13. The smallest absolute Gasteiger partial charge is 0.122 e. The first-order valence-electron chi connectivity index (χ1n) is 6.05. The molecule has 0 radical (unpaired) electrons. The number of aryl methyl sites for hydroxylation is 1. The fourth-order valence-electron chi connectivity index (χ4n) is 1.95. The first-order chi connectivity index (χ1) is 8.69. The molecule has 0 atom stereocenters. The lowest BCUT2D eigenvalue weighted by molar-refractivity contribution is 0.283. The van der Waals surface area contributed by atoms with Crippen LogP contribution in [0.4, 0.5) is 0 Å². The zero-order valence-electron chi connectivity index (χ0n) is 10.9. The zero-order chi connectivity index (χ0) is 13.0. The molecule has 2 rings (SSSR count). The number of pyridine rings is 1. The molecule has 0 aliphatic heterocycles. The molecule has 4 heteroatoms. The lowest BCUT2D eigenvalue weighted by Crippen LogP contribution is -2.18. The van der Waals surface area contributed by atoms with Gasteiger partial charge in [0.1, 0.15) is 5.76 Å². The lowest BCUT2D eigenvalue weighted by Gasteiger charge is -2.15. The van der Waals surface area contributed by atoms with E-state index < -0.39 is 0 Å². The molecule has 0 fully saturated rings. The summed E-state index contributed by atoms with van der Waals surface area (Å²) in [6.45, 7) is 4.06. The second-order valence-electron chi connectivity index (χ2n) is 4.52. The summed E-state index contributed by atoms with van der Waals surface area (Å²) < 4.78 is 5.45. The van der Waals surface area contributed by atoms with Crippen molar-refractivity contribution in [3.63, 3.8) is 0 Å². The molecule has 18 heavy (non-hydrogen) atoms. The van der Waals surface area contributed by atoms with Crippen LogP contribution in [0.5, 0.6) is 0 Å². The van der Waals surface area contributed by atoms with Gasteiger partial charge in [-0.3, -0.25) is 9.88 Å². The van der Waals surface area contributed by atoms with Crippen molar-refractivity contribution in [1.29, 1.82) is 0 Å². The molecule has 2 heterocycles. The van der Waals surface area contributed by atoms with Crippen molar-refractivity contribution in [1.82, 2.24) is 9.88 Å². The van der Waals surface area contributed by atoms with Crippen molar-refractivity contribution in [3.05, 3.63) is 53.2 Å². The van der Waals surface area contributed by atoms with Gasteiger partial charge in [-0.2, -0.15) is 0 Å². The van der Waals surface area contributed by atoms with E-state index in [1.807, 2.05) is 38.2 Å². The van der Waals surface area contributed by atoms with Gasteiger partial charge in [-0.15, -0.1) is 0 Å². The van der Waals surface area contributed by atoms with Gasteiger partial charge in [-0.25, -0.2) is 0 Å². The fourth-order valence-corrected chi connectivity index (χ4v) is 1.95. The molecule has 0 saturated carbocycles. The van der Waals surface area contributed by atoms with Crippen LogP contribution in [0.25, 0.3) is 0 Å². The maximum absolute atomic E-state index is 5.65. The second kappa shape index (κ2) is 5.80. The topological polar surface area (TPSA) is 55.3 Å². The van der Waals surface area contributed by atoms with E-state index in [-0.39, 0.29) is 0 Å². The molecular weight excluding hydrogens is 226 g/mol. The Balaban J connectivity index is 1.98. The summed E-state index contributed by atoms with van der Waals surface area (Å²) in [6.07, 6.45) is 1.69. The van der Waals surface area contributed by atoms with Crippen LogP contribution >= 0.6 is 0 Å². The standard InChI is InChI=1S/C14H19N3O/c1-11-4-3-5-13(16-11)9-17(2)10-14-12(8-15)6-7-18-14/h3-7H,8-10,15H2,1-2H3. The summed E-state index contributed by atoms with van der Waals surface area (Å²) in [5.74, 6) is 0.938. The average Bonchev–Trinajstić information content (AvgIpc) is 2.76. The minimum absolute atomic E-state index is 0.516. The lowest BCUT2D eigenvalue weighted by atomic mass is 10.2. The molecule has 0 saturated heterocycles. The predicted molar refractivity (Wildman–Crippen MR) is 70.7 cm³/mol. The third kappa shape index (κ3) is 3.18. The summed E-state index contributed by atoms with van der Waals surface area (Å²) >= 11 is 0. The van der Waals surface area contributed by atoms with Crippen LogP contribution in [0, 0.1) is 6.92 Å². The van der Waals surface area contributed by atoms with Gasteiger partial charge in [0.15, 0.2) is 0 Å². The first kappa shape index (κ1) is 12.8. The average molecular weight is 245 g/mol. The van der Waals surface area contributed by atoms with Gasteiger partial charge in [-0.05, 0) is 32.2 Å². The van der Waals surface area contributed by atoms with Gasteiger partial charge < -0.3 is 10.2 Å². The maximum Gasteiger partial charge on any atom is 0.122 e. The number of rotatable bonds is 5. The number of hydrogen-bond donors (Lipinski definition) is 1. The molecule has 2 aromatic heterocycles. The number of nitrogens with two attached hydrogens (primary N) is 1. The highest BCUT2D eigenvalue weighted by atomic mass is 16.3. The molecular formula is C14H19N3O. The molecule has 4 nitrogen and oxygen atoms in total. The van der Waals surface area contributed by atoms with E-state index in [4.69, 9.17) is 10.2 Å². The summed E-state index contributed by atoms with van der Waals surface area (Å²) in [5, 5.41) is 0. The van der Waals surface area contributed by atoms with Crippen LogP contribution in [0.3, 0.4) is 0 Å². The number of aromatic nitrogens is 1. The summed E-state index contributed by atoms with van der Waals surface area (Å²) in [6, 6.07) is 8.00. The molecule has 0 aromatic carbocycles. The monoisotopic (exact) mass is 245 g/mol.